The summed E-state index contributed by atoms with van der Waals surface area (Å²) in [6.07, 6.45) is 3.81. The molecule has 0 radical (unpaired) electrons. The summed E-state index contributed by atoms with van der Waals surface area (Å²) in [6.45, 7) is 2.92. The highest BCUT2D eigenvalue weighted by atomic mass is 32.2. The molecule has 0 aliphatic carbocycles. The number of nitrogens with zero attached hydrogens (tertiary/aromatic N) is 2. The summed E-state index contributed by atoms with van der Waals surface area (Å²) >= 11 is 0. The van der Waals surface area contributed by atoms with E-state index in [0.29, 0.717) is 31.9 Å². The average Bonchev–Trinajstić information content (AvgIpc) is 3.09. The third-order valence-electron chi connectivity index (χ3n) is 5.69. The van der Waals surface area contributed by atoms with Crippen molar-refractivity contribution in [2.45, 2.75) is 37.1 Å². The first-order chi connectivity index (χ1) is 15.4. The van der Waals surface area contributed by atoms with Crippen LogP contribution < -0.4 is 10.1 Å². The molecule has 1 amide bonds. The minimum Gasteiger partial charge on any atom is -0.496 e. The summed E-state index contributed by atoms with van der Waals surface area (Å²) in [4.78, 5) is 15.1. The number of hydrogen-bond acceptors (Lipinski definition) is 5. The highest BCUT2D eigenvalue weighted by molar-refractivity contribution is 7.89. The number of benzene rings is 2. The van der Waals surface area contributed by atoms with Gasteiger partial charge in [0.2, 0.25) is 10.0 Å². The van der Waals surface area contributed by atoms with E-state index in [4.69, 9.17) is 4.74 Å². The van der Waals surface area contributed by atoms with Crippen LogP contribution in [0.2, 0.25) is 0 Å². The molecule has 0 saturated carbocycles. The number of methoxy groups -OCH3 is 1. The molecule has 1 aliphatic rings. The molecule has 1 aliphatic heterocycles. The van der Waals surface area contributed by atoms with Crippen LogP contribution in [0, 0.1) is 0 Å². The zero-order valence-corrected chi connectivity index (χ0v) is 19.7. The Morgan fingerprint density at radius 3 is 2.41 bits per heavy atom. The molecule has 174 valence electrons. The standard InChI is InChI=1S/C24H33N3O4S/c1-26(19-20-10-6-5-7-11-20)17-14-25-24(28)22-18-21(12-13-23(22)31-2)32(29,30)27-15-8-3-4-9-16-27/h5-7,10-13,18H,3-4,8-9,14-17,19H2,1-2H3,(H,25,28). The minimum absolute atomic E-state index is 0.131. The van der Waals surface area contributed by atoms with Crippen LogP contribution in [-0.4, -0.2) is 63.9 Å². The Bertz CT molecular complexity index is 988. The Balaban J connectivity index is 1.66. The number of carbonyl (C=O) groups excluding carboxylic acids is 1. The highest BCUT2D eigenvalue weighted by Crippen LogP contribution is 2.26. The lowest BCUT2D eigenvalue weighted by Gasteiger charge is -2.21. The van der Waals surface area contributed by atoms with E-state index in [2.05, 4.69) is 22.3 Å². The van der Waals surface area contributed by atoms with Crippen molar-refractivity contribution in [2.75, 3.05) is 40.3 Å². The smallest absolute Gasteiger partial charge is 0.255 e. The molecule has 2 aromatic rings. The van der Waals surface area contributed by atoms with Gasteiger partial charge >= 0.3 is 0 Å². The molecule has 0 aromatic heterocycles. The molecule has 32 heavy (non-hydrogen) atoms. The van der Waals surface area contributed by atoms with Gasteiger partial charge in [0.1, 0.15) is 5.75 Å². The number of rotatable bonds is 9. The van der Waals surface area contributed by atoms with Gasteiger partial charge in [0.15, 0.2) is 0 Å². The maximum Gasteiger partial charge on any atom is 0.255 e. The molecule has 0 bridgehead atoms. The Morgan fingerprint density at radius 1 is 1.06 bits per heavy atom. The molecule has 7 nitrogen and oxygen atoms in total. The number of amides is 1. The number of sulfonamides is 1. The van der Waals surface area contributed by atoms with Gasteiger partial charge in [-0.3, -0.25) is 4.79 Å². The lowest BCUT2D eigenvalue weighted by molar-refractivity contribution is 0.0946. The average molecular weight is 460 g/mol. The molecular formula is C24H33N3O4S. The Labute approximate surface area is 191 Å². The lowest BCUT2D eigenvalue weighted by Crippen LogP contribution is -2.34. The first kappa shape index (κ1) is 24.2. The highest BCUT2D eigenvalue weighted by Gasteiger charge is 2.27. The van der Waals surface area contributed by atoms with E-state index in [1.165, 1.54) is 29.1 Å². The number of likely N-dealkylation sites (N-methyl/N-ethyl adjacent to an activating group) is 1. The summed E-state index contributed by atoms with van der Waals surface area (Å²) < 4.78 is 33.1. The van der Waals surface area contributed by atoms with Crippen LogP contribution >= 0.6 is 0 Å². The van der Waals surface area contributed by atoms with Gasteiger partial charge in [-0.2, -0.15) is 4.31 Å². The van der Waals surface area contributed by atoms with E-state index in [1.54, 1.807) is 6.07 Å². The fraction of sp³-hybridized carbons (Fsp3) is 0.458. The maximum atomic E-state index is 13.1. The lowest BCUT2D eigenvalue weighted by atomic mass is 10.2. The largest absolute Gasteiger partial charge is 0.496 e. The van der Waals surface area contributed by atoms with Crippen LogP contribution in [0.3, 0.4) is 0 Å². The third-order valence-corrected chi connectivity index (χ3v) is 7.59. The van der Waals surface area contributed by atoms with E-state index in [1.807, 2.05) is 25.2 Å². The summed E-state index contributed by atoms with van der Waals surface area (Å²) in [7, 11) is -0.176. The molecule has 0 unspecified atom stereocenters. The first-order valence-electron chi connectivity index (χ1n) is 11.1. The van der Waals surface area contributed by atoms with Crippen LogP contribution in [0.25, 0.3) is 0 Å². The predicted molar refractivity (Wildman–Crippen MR) is 125 cm³/mol. The van der Waals surface area contributed by atoms with Crippen LogP contribution in [0.4, 0.5) is 0 Å². The van der Waals surface area contributed by atoms with Crippen molar-refractivity contribution in [3.8, 4) is 5.75 Å². The zero-order chi connectivity index (χ0) is 23.0. The van der Waals surface area contributed by atoms with Crippen molar-refractivity contribution in [1.29, 1.82) is 0 Å². The second-order valence-corrected chi connectivity index (χ2v) is 10.1. The first-order valence-corrected chi connectivity index (χ1v) is 12.5. The second-order valence-electron chi connectivity index (χ2n) is 8.16. The van der Waals surface area contributed by atoms with E-state index < -0.39 is 10.0 Å². The molecular weight excluding hydrogens is 426 g/mol. The van der Waals surface area contributed by atoms with Gasteiger partial charge in [-0.1, -0.05) is 43.2 Å². The summed E-state index contributed by atoms with van der Waals surface area (Å²) in [6, 6.07) is 14.6. The summed E-state index contributed by atoms with van der Waals surface area (Å²) in [5.74, 6) is 0.0119. The van der Waals surface area contributed by atoms with Crippen molar-refractivity contribution in [1.82, 2.24) is 14.5 Å². The molecule has 1 heterocycles. The van der Waals surface area contributed by atoms with Crippen molar-refractivity contribution in [2.24, 2.45) is 0 Å². The molecule has 3 rings (SSSR count). The van der Waals surface area contributed by atoms with Gasteiger partial charge in [-0.15, -0.1) is 0 Å². The third kappa shape index (κ3) is 6.31. The van der Waals surface area contributed by atoms with Crippen LogP contribution in [-0.2, 0) is 16.6 Å². The zero-order valence-electron chi connectivity index (χ0n) is 18.9. The normalized spacial score (nSPS) is 15.3. The Morgan fingerprint density at radius 2 is 1.75 bits per heavy atom. The van der Waals surface area contributed by atoms with Gasteiger partial charge < -0.3 is 15.0 Å². The SMILES string of the molecule is COc1ccc(S(=O)(=O)N2CCCCCC2)cc1C(=O)NCCN(C)Cc1ccccc1. The number of hydrogen-bond donors (Lipinski definition) is 1. The topological polar surface area (TPSA) is 79.0 Å². The molecule has 1 saturated heterocycles. The minimum atomic E-state index is -3.65. The van der Waals surface area contributed by atoms with Crippen LogP contribution in [0.15, 0.2) is 53.4 Å². The Hall–Kier alpha value is -2.42. The molecule has 1 N–H and O–H groups in total. The molecule has 8 heteroatoms. The van der Waals surface area contributed by atoms with Crippen molar-refractivity contribution >= 4 is 15.9 Å². The molecule has 0 spiro atoms. The van der Waals surface area contributed by atoms with E-state index in [0.717, 1.165) is 32.2 Å². The monoisotopic (exact) mass is 459 g/mol. The van der Waals surface area contributed by atoms with Crippen LogP contribution in [0.5, 0.6) is 5.75 Å². The Kier molecular flexibility index (Phi) is 8.67. The number of nitrogens with one attached hydrogen (secondary N) is 1. The maximum absolute atomic E-state index is 13.1. The van der Waals surface area contributed by atoms with Gasteiger partial charge in [0.05, 0.1) is 17.6 Å². The van der Waals surface area contributed by atoms with E-state index >= 15 is 0 Å². The van der Waals surface area contributed by atoms with Gasteiger partial charge in [0.25, 0.3) is 5.91 Å². The number of ether oxygens (including phenoxy) is 1. The van der Waals surface area contributed by atoms with E-state index in [-0.39, 0.29) is 16.4 Å². The number of carbonyl (C=O) groups is 1. The van der Waals surface area contributed by atoms with Crippen molar-refractivity contribution in [3.63, 3.8) is 0 Å². The fourth-order valence-corrected chi connectivity index (χ4v) is 5.43. The molecule has 1 fully saturated rings. The van der Waals surface area contributed by atoms with Gasteiger partial charge in [-0.05, 0) is 43.7 Å². The van der Waals surface area contributed by atoms with E-state index in [9.17, 15) is 13.2 Å². The summed E-state index contributed by atoms with van der Waals surface area (Å²) in [5.41, 5.74) is 1.43. The quantitative estimate of drug-likeness (QED) is 0.623. The van der Waals surface area contributed by atoms with Gasteiger partial charge in [0, 0.05) is 32.7 Å². The van der Waals surface area contributed by atoms with Gasteiger partial charge in [-0.25, -0.2) is 8.42 Å². The predicted octanol–water partition coefficient (Wildman–Crippen LogP) is 3.12. The summed E-state index contributed by atoms with van der Waals surface area (Å²) in [5, 5.41) is 2.89. The van der Waals surface area contributed by atoms with Crippen LogP contribution in [0.1, 0.15) is 41.6 Å². The fourth-order valence-electron chi connectivity index (χ4n) is 3.89. The molecule has 0 atom stereocenters. The van der Waals surface area contributed by atoms with Crippen molar-refractivity contribution < 1.29 is 17.9 Å². The van der Waals surface area contributed by atoms with Crippen molar-refractivity contribution in [3.05, 3.63) is 59.7 Å². The second kappa shape index (κ2) is 11.4. The molecule has 2 aromatic carbocycles.